The minimum atomic E-state index is -1.02. The molecule has 1 aromatic heterocycles. The molecule has 2 heterocycles. The lowest BCUT2D eigenvalue weighted by molar-refractivity contribution is -0.129. The number of carbonyl (C=O) groups is 2. The molecule has 1 amide bonds. The average Bonchev–Trinajstić information content (AvgIpc) is 3.21. The molecule has 1 atom stereocenters. The lowest BCUT2D eigenvalue weighted by Gasteiger charge is -2.14. The van der Waals surface area contributed by atoms with Crippen molar-refractivity contribution in [1.82, 2.24) is 14.9 Å². The lowest BCUT2D eigenvalue weighted by Crippen LogP contribution is -2.35. The highest BCUT2D eigenvalue weighted by Gasteiger charge is 2.21. The number of aromatic nitrogens is 2. The molecule has 1 N–H and O–H groups in total. The number of amides is 1. The molecule has 0 saturated heterocycles. The van der Waals surface area contributed by atoms with E-state index in [1.165, 1.54) is 31.2 Å². The molecule has 1 aliphatic rings. The number of aryl methyl sites for hydroxylation is 1. The van der Waals surface area contributed by atoms with Crippen molar-refractivity contribution in [2.75, 3.05) is 0 Å². The fourth-order valence-corrected chi connectivity index (χ4v) is 3.43. The van der Waals surface area contributed by atoms with E-state index in [2.05, 4.69) is 10.3 Å². The lowest BCUT2D eigenvalue weighted by atomic mass is 10.1. The van der Waals surface area contributed by atoms with Gasteiger partial charge in [0.15, 0.2) is 6.10 Å². The first-order valence-electron chi connectivity index (χ1n) is 9.69. The average molecular weight is 409 g/mol. The number of nitrogens with zero attached hydrogens (tertiary/aromatic N) is 2. The van der Waals surface area contributed by atoms with Crippen LogP contribution < -0.4 is 10.9 Å². The van der Waals surface area contributed by atoms with Crippen LogP contribution in [0.15, 0.2) is 47.3 Å². The summed E-state index contributed by atoms with van der Waals surface area (Å²) in [6.45, 7) is 2.32. The highest BCUT2D eigenvalue weighted by Crippen LogP contribution is 2.17. The Kier molecular flexibility index (Phi) is 5.31. The fraction of sp³-hybridized carbons (Fsp3) is 0.273. The number of esters is 1. The smallest absolute Gasteiger partial charge is 0.338 e. The molecule has 8 heteroatoms. The van der Waals surface area contributed by atoms with Crippen molar-refractivity contribution in [3.05, 3.63) is 75.6 Å². The van der Waals surface area contributed by atoms with Gasteiger partial charge in [0.25, 0.3) is 11.5 Å². The summed E-state index contributed by atoms with van der Waals surface area (Å²) in [6, 6.07) is 10.3. The summed E-state index contributed by atoms with van der Waals surface area (Å²) in [6.07, 6.45) is 0.579. The fourth-order valence-electron chi connectivity index (χ4n) is 3.43. The van der Waals surface area contributed by atoms with Gasteiger partial charge in [0.1, 0.15) is 11.6 Å². The van der Waals surface area contributed by atoms with Gasteiger partial charge in [-0.25, -0.2) is 14.2 Å². The Bertz CT molecular complexity index is 1190. The Morgan fingerprint density at radius 3 is 2.77 bits per heavy atom. The summed E-state index contributed by atoms with van der Waals surface area (Å²) in [5, 5.41) is 3.09. The second-order valence-electron chi connectivity index (χ2n) is 7.21. The largest absolute Gasteiger partial charge is 0.449 e. The van der Waals surface area contributed by atoms with Crippen LogP contribution in [0, 0.1) is 5.82 Å². The van der Waals surface area contributed by atoms with Crippen LogP contribution in [0.25, 0.3) is 10.9 Å². The topological polar surface area (TPSA) is 90.3 Å². The van der Waals surface area contributed by atoms with Crippen molar-refractivity contribution >= 4 is 22.8 Å². The molecule has 0 bridgehead atoms. The van der Waals surface area contributed by atoms with Gasteiger partial charge in [-0.1, -0.05) is 12.1 Å². The van der Waals surface area contributed by atoms with Gasteiger partial charge in [0, 0.05) is 19.5 Å². The van der Waals surface area contributed by atoms with E-state index in [0.29, 0.717) is 23.3 Å². The third-order valence-corrected chi connectivity index (χ3v) is 5.09. The van der Waals surface area contributed by atoms with Crippen molar-refractivity contribution in [3.8, 4) is 0 Å². The molecule has 1 aliphatic heterocycles. The number of carbonyl (C=O) groups excluding carboxylic acids is 2. The molecule has 154 valence electrons. The van der Waals surface area contributed by atoms with Crippen LogP contribution in [0.2, 0.25) is 0 Å². The van der Waals surface area contributed by atoms with E-state index in [9.17, 15) is 18.8 Å². The van der Waals surface area contributed by atoms with Gasteiger partial charge in [0.05, 0.1) is 16.5 Å². The first kappa shape index (κ1) is 19.8. The van der Waals surface area contributed by atoms with Crippen LogP contribution in [0.1, 0.15) is 35.1 Å². The molecule has 0 spiro atoms. The van der Waals surface area contributed by atoms with Crippen LogP contribution in [0.5, 0.6) is 0 Å². The normalized spacial score (nSPS) is 13.7. The zero-order chi connectivity index (χ0) is 21.3. The Balaban J connectivity index is 1.43. The number of fused-ring (bicyclic) bond motifs is 2. The molecular weight excluding hydrogens is 389 g/mol. The Morgan fingerprint density at radius 2 is 2.00 bits per heavy atom. The van der Waals surface area contributed by atoms with E-state index in [-0.39, 0.29) is 23.5 Å². The van der Waals surface area contributed by atoms with Crippen molar-refractivity contribution in [2.24, 2.45) is 0 Å². The summed E-state index contributed by atoms with van der Waals surface area (Å²) in [5.74, 6) is -0.789. The number of rotatable bonds is 5. The molecular formula is C22H20FN3O4. The van der Waals surface area contributed by atoms with Crippen LogP contribution in [0.4, 0.5) is 4.39 Å². The summed E-state index contributed by atoms with van der Waals surface area (Å²) < 4.78 is 19.9. The van der Waals surface area contributed by atoms with Gasteiger partial charge in [-0.05, 0) is 49.2 Å². The number of halogens is 1. The van der Waals surface area contributed by atoms with Crippen molar-refractivity contribution in [2.45, 2.75) is 39.0 Å². The summed E-state index contributed by atoms with van der Waals surface area (Å²) >= 11 is 0. The first-order valence-corrected chi connectivity index (χ1v) is 9.69. The molecule has 4 rings (SSSR count). The van der Waals surface area contributed by atoms with Crippen LogP contribution in [-0.2, 0) is 29.0 Å². The SMILES string of the molecule is C[C@H](OC(=O)c1ccc2c(=O)n3c(nc2c1)CCC3)C(=O)NCc1ccc(F)cc1. The predicted molar refractivity (Wildman–Crippen MR) is 107 cm³/mol. The maximum absolute atomic E-state index is 12.9. The summed E-state index contributed by atoms with van der Waals surface area (Å²) in [5.41, 5.74) is 1.27. The highest BCUT2D eigenvalue weighted by molar-refractivity contribution is 5.95. The van der Waals surface area contributed by atoms with E-state index in [1.807, 2.05) is 0 Å². The number of hydrogen-bond donors (Lipinski definition) is 1. The Labute approximate surface area is 171 Å². The first-order chi connectivity index (χ1) is 14.4. The van der Waals surface area contributed by atoms with E-state index in [4.69, 9.17) is 4.74 Å². The highest BCUT2D eigenvalue weighted by atomic mass is 19.1. The van der Waals surface area contributed by atoms with Gasteiger partial charge in [0.2, 0.25) is 0 Å². The van der Waals surface area contributed by atoms with Crippen LogP contribution in [0.3, 0.4) is 0 Å². The minimum Gasteiger partial charge on any atom is -0.449 e. The third-order valence-electron chi connectivity index (χ3n) is 5.09. The molecule has 30 heavy (non-hydrogen) atoms. The molecule has 0 fully saturated rings. The van der Waals surface area contributed by atoms with Crippen molar-refractivity contribution in [1.29, 1.82) is 0 Å². The van der Waals surface area contributed by atoms with Gasteiger partial charge >= 0.3 is 5.97 Å². The van der Waals surface area contributed by atoms with Gasteiger partial charge in [-0.15, -0.1) is 0 Å². The zero-order valence-corrected chi connectivity index (χ0v) is 16.4. The molecule has 3 aromatic rings. The van der Waals surface area contributed by atoms with E-state index in [1.54, 1.807) is 22.8 Å². The molecule has 0 unspecified atom stereocenters. The van der Waals surface area contributed by atoms with Crippen molar-refractivity contribution in [3.63, 3.8) is 0 Å². The quantitative estimate of drug-likeness (QED) is 0.654. The van der Waals surface area contributed by atoms with Gasteiger partial charge < -0.3 is 10.1 Å². The minimum absolute atomic E-state index is 0.110. The molecule has 7 nitrogen and oxygen atoms in total. The molecule has 0 radical (unpaired) electrons. The zero-order valence-electron chi connectivity index (χ0n) is 16.4. The van der Waals surface area contributed by atoms with E-state index in [0.717, 1.165) is 18.4 Å². The summed E-state index contributed by atoms with van der Waals surface area (Å²) in [7, 11) is 0. The molecule has 2 aromatic carbocycles. The second-order valence-corrected chi connectivity index (χ2v) is 7.21. The van der Waals surface area contributed by atoms with Crippen LogP contribution in [-0.4, -0.2) is 27.5 Å². The van der Waals surface area contributed by atoms with E-state index >= 15 is 0 Å². The Morgan fingerprint density at radius 1 is 1.23 bits per heavy atom. The monoisotopic (exact) mass is 409 g/mol. The number of hydrogen-bond acceptors (Lipinski definition) is 5. The maximum atomic E-state index is 12.9. The second kappa shape index (κ2) is 8.06. The maximum Gasteiger partial charge on any atom is 0.338 e. The number of benzene rings is 2. The third kappa shape index (κ3) is 3.94. The van der Waals surface area contributed by atoms with Gasteiger partial charge in [-0.2, -0.15) is 0 Å². The number of ether oxygens (including phenoxy) is 1. The van der Waals surface area contributed by atoms with Gasteiger partial charge in [-0.3, -0.25) is 14.2 Å². The Hall–Kier alpha value is -3.55. The standard InChI is InChI=1S/C22H20FN3O4/c1-13(20(27)24-12-14-4-7-16(23)8-5-14)30-22(29)15-6-9-17-18(11-15)25-19-3-2-10-26(19)21(17)28/h4-9,11,13H,2-3,10,12H2,1H3,(H,24,27)/t13-/m0/s1. The van der Waals surface area contributed by atoms with Crippen molar-refractivity contribution < 1.29 is 18.7 Å². The predicted octanol–water partition coefficient (Wildman–Crippen LogP) is 2.34. The molecule has 0 aliphatic carbocycles. The molecule has 0 saturated carbocycles. The van der Waals surface area contributed by atoms with E-state index < -0.39 is 18.0 Å². The number of nitrogens with one attached hydrogen (secondary N) is 1. The summed E-state index contributed by atoms with van der Waals surface area (Å²) in [4.78, 5) is 41.7. The van der Waals surface area contributed by atoms with Crippen LogP contribution >= 0.6 is 0 Å².